The molecule has 14 heavy (non-hydrogen) atoms. The highest BCUT2D eigenvalue weighted by Gasteiger charge is 2.13. The van der Waals surface area contributed by atoms with E-state index in [1.165, 1.54) is 0 Å². The lowest BCUT2D eigenvalue weighted by atomic mass is 10.1. The molecule has 0 aromatic carbocycles. The topological polar surface area (TPSA) is 21.3 Å². The van der Waals surface area contributed by atoms with Gasteiger partial charge in [0.15, 0.2) is 0 Å². The second kappa shape index (κ2) is 7.02. The molecule has 0 aromatic heterocycles. The predicted molar refractivity (Wildman–Crippen MR) is 62.6 cm³/mol. The third kappa shape index (κ3) is 8.27. The van der Waals surface area contributed by atoms with Crippen molar-refractivity contribution in [2.24, 2.45) is 0 Å². The molecule has 1 N–H and O–H groups in total. The van der Waals surface area contributed by atoms with Crippen LogP contribution in [0.15, 0.2) is 12.7 Å². The van der Waals surface area contributed by atoms with E-state index in [1.807, 2.05) is 0 Å². The molecule has 0 radical (unpaired) electrons. The van der Waals surface area contributed by atoms with E-state index in [4.69, 9.17) is 4.74 Å². The molecule has 0 bridgehead atoms. The normalized spacial score (nSPS) is 14.0. The molecule has 2 heteroatoms. The fourth-order valence-corrected chi connectivity index (χ4v) is 1.19. The van der Waals surface area contributed by atoms with Crippen LogP contribution in [0.25, 0.3) is 0 Å². The zero-order valence-corrected chi connectivity index (χ0v) is 10.1. The molecule has 0 aliphatic rings. The average molecular weight is 199 g/mol. The summed E-state index contributed by atoms with van der Waals surface area (Å²) < 4.78 is 5.65. The molecular formula is C12H25NO. The SMILES string of the molecule is C=CCOC(CCC)CNC(C)(C)C. The van der Waals surface area contributed by atoms with Crippen LogP contribution in [-0.2, 0) is 4.74 Å². The van der Waals surface area contributed by atoms with E-state index in [0.29, 0.717) is 12.7 Å². The number of ether oxygens (including phenoxy) is 1. The Balaban J connectivity index is 3.77. The van der Waals surface area contributed by atoms with Crippen molar-refractivity contribution in [1.82, 2.24) is 5.32 Å². The summed E-state index contributed by atoms with van der Waals surface area (Å²) in [5.74, 6) is 0. The number of hydrogen-bond donors (Lipinski definition) is 1. The van der Waals surface area contributed by atoms with E-state index in [-0.39, 0.29) is 5.54 Å². The minimum absolute atomic E-state index is 0.170. The third-order valence-corrected chi connectivity index (χ3v) is 1.92. The Morgan fingerprint density at radius 1 is 1.43 bits per heavy atom. The van der Waals surface area contributed by atoms with E-state index in [0.717, 1.165) is 19.4 Å². The van der Waals surface area contributed by atoms with Crippen molar-refractivity contribution in [3.05, 3.63) is 12.7 Å². The van der Waals surface area contributed by atoms with Crippen molar-refractivity contribution in [3.63, 3.8) is 0 Å². The highest BCUT2D eigenvalue weighted by Crippen LogP contribution is 2.04. The average Bonchev–Trinajstić information content (AvgIpc) is 2.08. The van der Waals surface area contributed by atoms with Gasteiger partial charge >= 0.3 is 0 Å². The maximum absolute atomic E-state index is 5.65. The Morgan fingerprint density at radius 3 is 2.50 bits per heavy atom. The first-order chi connectivity index (χ1) is 6.49. The Bertz CT molecular complexity index is 149. The zero-order chi connectivity index (χ0) is 11.0. The molecule has 1 unspecified atom stereocenters. The summed E-state index contributed by atoms with van der Waals surface area (Å²) in [5, 5.41) is 3.46. The lowest BCUT2D eigenvalue weighted by molar-refractivity contribution is 0.0623. The van der Waals surface area contributed by atoms with Gasteiger partial charge in [0.05, 0.1) is 12.7 Å². The zero-order valence-electron chi connectivity index (χ0n) is 10.1. The minimum atomic E-state index is 0.170. The summed E-state index contributed by atoms with van der Waals surface area (Å²) in [7, 11) is 0. The van der Waals surface area contributed by atoms with Crippen molar-refractivity contribution in [3.8, 4) is 0 Å². The summed E-state index contributed by atoms with van der Waals surface area (Å²) >= 11 is 0. The molecule has 84 valence electrons. The Kier molecular flexibility index (Phi) is 6.85. The molecule has 0 amide bonds. The molecule has 0 heterocycles. The van der Waals surface area contributed by atoms with Crippen molar-refractivity contribution in [1.29, 1.82) is 0 Å². The third-order valence-electron chi connectivity index (χ3n) is 1.92. The Hall–Kier alpha value is -0.340. The van der Waals surface area contributed by atoms with Crippen LogP contribution in [0.3, 0.4) is 0 Å². The van der Waals surface area contributed by atoms with E-state index in [9.17, 15) is 0 Å². The second-order valence-electron chi connectivity index (χ2n) is 4.66. The number of nitrogens with one attached hydrogen (secondary N) is 1. The van der Waals surface area contributed by atoms with Crippen LogP contribution in [-0.4, -0.2) is 24.8 Å². The predicted octanol–water partition coefficient (Wildman–Crippen LogP) is 2.75. The van der Waals surface area contributed by atoms with Crippen LogP contribution >= 0.6 is 0 Å². The highest BCUT2D eigenvalue weighted by atomic mass is 16.5. The summed E-state index contributed by atoms with van der Waals surface area (Å²) in [4.78, 5) is 0. The molecule has 0 spiro atoms. The molecule has 0 aliphatic heterocycles. The second-order valence-corrected chi connectivity index (χ2v) is 4.66. The largest absolute Gasteiger partial charge is 0.373 e. The molecule has 0 aromatic rings. The van der Waals surface area contributed by atoms with Gasteiger partial charge in [0, 0.05) is 12.1 Å². The van der Waals surface area contributed by atoms with Gasteiger partial charge in [0.1, 0.15) is 0 Å². The molecular weight excluding hydrogens is 174 g/mol. The van der Waals surface area contributed by atoms with Gasteiger partial charge in [-0.3, -0.25) is 0 Å². The van der Waals surface area contributed by atoms with Gasteiger partial charge in [-0.05, 0) is 27.2 Å². The monoisotopic (exact) mass is 199 g/mol. The van der Waals surface area contributed by atoms with Crippen LogP contribution in [0.5, 0.6) is 0 Å². The first kappa shape index (κ1) is 13.7. The van der Waals surface area contributed by atoms with Crippen LogP contribution in [0.1, 0.15) is 40.5 Å². The van der Waals surface area contributed by atoms with Gasteiger partial charge in [-0.1, -0.05) is 19.4 Å². The summed E-state index contributed by atoms with van der Waals surface area (Å²) in [6.07, 6.45) is 4.39. The molecule has 0 saturated heterocycles. The first-order valence-electron chi connectivity index (χ1n) is 5.47. The van der Waals surface area contributed by atoms with E-state index in [1.54, 1.807) is 6.08 Å². The smallest absolute Gasteiger partial charge is 0.0703 e. The van der Waals surface area contributed by atoms with Crippen LogP contribution in [0, 0.1) is 0 Å². The molecule has 0 rings (SSSR count). The van der Waals surface area contributed by atoms with Crippen molar-refractivity contribution in [2.75, 3.05) is 13.2 Å². The fourth-order valence-electron chi connectivity index (χ4n) is 1.19. The van der Waals surface area contributed by atoms with Gasteiger partial charge in [-0.15, -0.1) is 6.58 Å². The summed E-state index contributed by atoms with van der Waals surface area (Å²) in [6.45, 7) is 13.9. The van der Waals surface area contributed by atoms with Gasteiger partial charge in [-0.25, -0.2) is 0 Å². The van der Waals surface area contributed by atoms with E-state index >= 15 is 0 Å². The van der Waals surface area contributed by atoms with Crippen LogP contribution < -0.4 is 5.32 Å². The van der Waals surface area contributed by atoms with Gasteiger partial charge in [0.25, 0.3) is 0 Å². The maximum atomic E-state index is 5.65. The van der Waals surface area contributed by atoms with E-state index in [2.05, 4.69) is 39.6 Å². The fraction of sp³-hybridized carbons (Fsp3) is 0.833. The first-order valence-corrected chi connectivity index (χ1v) is 5.47. The van der Waals surface area contributed by atoms with Crippen LogP contribution in [0.2, 0.25) is 0 Å². The van der Waals surface area contributed by atoms with Crippen molar-refractivity contribution >= 4 is 0 Å². The maximum Gasteiger partial charge on any atom is 0.0703 e. The summed E-state index contributed by atoms with van der Waals surface area (Å²) in [5.41, 5.74) is 0.170. The minimum Gasteiger partial charge on any atom is -0.373 e. The molecule has 2 nitrogen and oxygen atoms in total. The highest BCUT2D eigenvalue weighted by molar-refractivity contribution is 4.74. The number of rotatable bonds is 7. The van der Waals surface area contributed by atoms with Crippen molar-refractivity contribution < 1.29 is 4.74 Å². The quantitative estimate of drug-likeness (QED) is 0.637. The standard InChI is InChI=1S/C12H25NO/c1-6-8-11(14-9-7-2)10-13-12(3,4)5/h7,11,13H,2,6,8-10H2,1,3-5H3. The molecule has 0 saturated carbocycles. The summed E-state index contributed by atoms with van der Waals surface area (Å²) in [6, 6.07) is 0. The van der Waals surface area contributed by atoms with Crippen LogP contribution in [0.4, 0.5) is 0 Å². The van der Waals surface area contributed by atoms with Gasteiger partial charge < -0.3 is 10.1 Å². The van der Waals surface area contributed by atoms with E-state index < -0.39 is 0 Å². The number of hydrogen-bond acceptors (Lipinski definition) is 2. The van der Waals surface area contributed by atoms with Gasteiger partial charge in [0.2, 0.25) is 0 Å². The van der Waals surface area contributed by atoms with Crippen molar-refractivity contribution in [2.45, 2.75) is 52.2 Å². The Labute approximate surface area is 88.7 Å². The Morgan fingerprint density at radius 2 is 2.07 bits per heavy atom. The lowest BCUT2D eigenvalue weighted by Crippen LogP contribution is -2.41. The molecule has 1 atom stereocenters. The lowest BCUT2D eigenvalue weighted by Gasteiger charge is -2.25. The van der Waals surface area contributed by atoms with Gasteiger partial charge in [-0.2, -0.15) is 0 Å². The molecule has 0 fully saturated rings. The molecule has 0 aliphatic carbocycles.